The molecule has 1 aromatic carbocycles. The number of nitriles is 1. The molecule has 0 bridgehead atoms. The van der Waals surface area contributed by atoms with Crippen molar-refractivity contribution in [1.82, 2.24) is 0 Å². The molecule has 0 unspecified atom stereocenters. The summed E-state index contributed by atoms with van der Waals surface area (Å²) in [5.41, 5.74) is 2.46. The van der Waals surface area contributed by atoms with Gasteiger partial charge in [-0.3, -0.25) is 0 Å². The summed E-state index contributed by atoms with van der Waals surface area (Å²) in [5.74, 6) is 0.845. The Kier molecular flexibility index (Phi) is 4.29. The van der Waals surface area contributed by atoms with Crippen LogP contribution in [0.3, 0.4) is 0 Å². The molecule has 1 aliphatic carbocycles. The largest absolute Gasteiger partial charge is 0.493 e. The van der Waals surface area contributed by atoms with Gasteiger partial charge in [0, 0.05) is 11.1 Å². The first-order valence-electron chi connectivity index (χ1n) is 6.94. The molecule has 0 radical (unpaired) electrons. The number of ether oxygens (including phenoxy) is 1. The Morgan fingerprint density at radius 3 is 2.90 bits per heavy atom. The molecule has 0 amide bonds. The van der Waals surface area contributed by atoms with E-state index in [4.69, 9.17) is 15.2 Å². The van der Waals surface area contributed by atoms with Gasteiger partial charge in [-0.15, -0.1) is 0 Å². The minimum absolute atomic E-state index is 0.368. The lowest BCUT2D eigenvalue weighted by molar-refractivity contribution is 0.262. The molecule has 0 saturated carbocycles. The van der Waals surface area contributed by atoms with E-state index in [1.165, 1.54) is 0 Å². The number of oxime groups is 1. The second kappa shape index (κ2) is 5.96. The molecule has 106 valence electrons. The van der Waals surface area contributed by atoms with Crippen LogP contribution < -0.4 is 4.74 Å². The zero-order valence-corrected chi connectivity index (χ0v) is 12.0. The fourth-order valence-electron chi connectivity index (χ4n) is 2.37. The Hall–Kier alpha value is -2.02. The molecule has 2 rings (SSSR count). The lowest BCUT2D eigenvalue weighted by atomic mass is 9.89. The van der Waals surface area contributed by atoms with Crippen LogP contribution in [0.2, 0.25) is 0 Å². The Labute approximate surface area is 119 Å². The smallest absolute Gasteiger partial charge is 0.123 e. The zero-order valence-electron chi connectivity index (χ0n) is 12.0. The topological polar surface area (TPSA) is 65.6 Å². The number of rotatable bonds is 4. The van der Waals surface area contributed by atoms with Gasteiger partial charge in [0.1, 0.15) is 5.75 Å². The van der Waals surface area contributed by atoms with Crippen molar-refractivity contribution in [1.29, 1.82) is 5.26 Å². The summed E-state index contributed by atoms with van der Waals surface area (Å²) in [7, 11) is 0. The van der Waals surface area contributed by atoms with E-state index in [0.29, 0.717) is 13.0 Å². The maximum atomic E-state index is 9.05. The molecule has 20 heavy (non-hydrogen) atoms. The van der Waals surface area contributed by atoms with E-state index in [0.717, 1.165) is 41.9 Å². The second-order valence-electron chi connectivity index (χ2n) is 5.78. The maximum Gasteiger partial charge on any atom is 0.123 e. The van der Waals surface area contributed by atoms with Gasteiger partial charge in [0.2, 0.25) is 0 Å². The van der Waals surface area contributed by atoms with Crippen molar-refractivity contribution in [3.05, 3.63) is 29.3 Å². The SMILES string of the molecule is CC(C)(C#N)CCOc1cccc2c1CCCC2=NO. The molecule has 1 N–H and O–H groups in total. The highest BCUT2D eigenvalue weighted by Crippen LogP contribution is 2.30. The minimum atomic E-state index is -0.368. The lowest BCUT2D eigenvalue weighted by Gasteiger charge is -2.21. The molecule has 1 aliphatic rings. The summed E-state index contributed by atoms with van der Waals surface area (Å²) in [4.78, 5) is 0. The van der Waals surface area contributed by atoms with Crippen LogP contribution in [-0.2, 0) is 6.42 Å². The maximum absolute atomic E-state index is 9.05. The standard InChI is InChI=1S/C16H20N2O2/c1-16(2,11-17)9-10-20-15-8-4-5-12-13(15)6-3-7-14(12)18-19/h4-5,8,19H,3,6-7,9-10H2,1-2H3. The first-order valence-corrected chi connectivity index (χ1v) is 6.94. The van der Waals surface area contributed by atoms with Crippen molar-refractivity contribution in [3.8, 4) is 11.8 Å². The van der Waals surface area contributed by atoms with Crippen molar-refractivity contribution in [2.75, 3.05) is 6.61 Å². The highest BCUT2D eigenvalue weighted by Gasteiger charge is 2.21. The van der Waals surface area contributed by atoms with E-state index >= 15 is 0 Å². The van der Waals surface area contributed by atoms with Crippen LogP contribution in [0.25, 0.3) is 0 Å². The molecule has 0 atom stereocenters. The number of fused-ring (bicyclic) bond motifs is 1. The van der Waals surface area contributed by atoms with Crippen LogP contribution in [-0.4, -0.2) is 17.5 Å². The summed E-state index contributed by atoms with van der Waals surface area (Å²) >= 11 is 0. The van der Waals surface area contributed by atoms with Crippen molar-refractivity contribution in [2.45, 2.75) is 39.5 Å². The first kappa shape index (κ1) is 14.4. The normalized spacial score (nSPS) is 16.6. The Morgan fingerprint density at radius 2 is 2.20 bits per heavy atom. The molecule has 0 spiro atoms. The highest BCUT2D eigenvalue weighted by atomic mass is 16.5. The summed E-state index contributed by atoms with van der Waals surface area (Å²) in [6.45, 7) is 4.34. The van der Waals surface area contributed by atoms with E-state index in [1.54, 1.807) is 0 Å². The van der Waals surface area contributed by atoms with Gasteiger partial charge < -0.3 is 9.94 Å². The summed E-state index contributed by atoms with van der Waals surface area (Å²) in [5, 5.41) is 21.4. The first-order chi connectivity index (χ1) is 9.57. The van der Waals surface area contributed by atoms with Crippen molar-refractivity contribution in [3.63, 3.8) is 0 Å². The third-order valence-corrected chi connectivity index (χ3v) is 3.69. The minimum Gasteiger partial charge on any atom is -0.493 e. The molecule has 1 aromatic rings. The molecule has 0 aliphatic heterocycles. The van der Waals surface area contributed by atoms with Gasteiger partial charge in [0.05, 0.1) is 23.8 Å². The Morgan fingerprint density at radius 1 is 1.40 bits per heavy atom. The van der Waals surface area contributed by atoms with Gasteiger partial charge in [0.25, 0.3) is 0 Å². The molecule has 0 heterocycles. The molecule has 4 heteroatoms. The fourth-order valence-corrected chi connectivity index (χ4v) is 2.37. The van der Waals surface area contributed by atoms with Crippen LogP contribution in [0.5, 0.6) is 5.75 Å². The molecule has 4 nitrogen and oxygen atoms in total. The molecule has 0 aromatic heterocycles. The van der Waals surface area contributed by atoms with E-state index in [1.807, 2.05) is 32.0 Å². The van der Waals surface area contributed by atoms with Crippen molar-refractivity contribution >= 4 is 5.71 Å². The monoisotopic (exact) mass is 272 g/mol. The molecule has 0 fully saturated rings. The quantitative estimate of drug-likeness (QED) is 0.673. The number of hydrogen-bond donors (Lipinski definition) is 1. The number of hydrogen-bond acceptors (Lipinski definition) is 4. The van der Waals surface area contributed by atoms with Crippen molar-refractivity contribution < 1.29 is 9.94 Å². The summed E-state index contributed by atoms with van der Waals surface area (Å²) in [6.07, 6.45) is 3.39. The van der Waals surface area contributed by atoms with E-state index < -0.39 is 0 Å². The summed E-state index contributed by atoms with van der Waals surface area (Å²) < 4.78 is 5.85. The van der Waals surface area contributed by atoms with Gasteiger partial charge in [0.15, 0.2) is 0 Å². The van der Waals surface area contributed by atoms with Crippen LogP contribution in [0.4, 0.5) is 0 Å². The third-order valence-electron chi connectivity index (χ3n) is 3.69. The zero-order chi connectivity index (χ0) is 14.6. The molecular formula is C16H20N2O2. The molecule has 0 saturated heterocycles. The lowest BCUT2D eigenvalue weighted by Crippen LogP contribution is -2.16. The van der Waals surface area contributed by atoms with Gasteiger partial charge in [-0.1, -0.05) is 17.3 Å². The van der Waals surface area contributed by atoms with Crippen LogP contribution in [0.15, 0.2) is 23.4 Å². The number of nitrogens with zero attached hydrogens (tertiary/aromatic N) is 2. The van der Waals surface area contributed by atoms with E-state index in [-0.39, 0.29) is 5.41 Å². The van der Waals surface area contributed by atoms with Gasteiger partial charge in [-0.05, 0) is 45.6 Å². The van der Waals surface area contributed by atoms with Gasteiger partial charge >= 0.3 is 0 Å². The van der Waals surface area contributed by atoms with Crippen LogP contribution in [0, 0.1) is 16.7 Å². The third kappa shape index (κ3) is 3.11. The van der Waals surface area contributed by atoms with E-state index in [9.17, 15) is 0 Å². The van der Waals surface area contributed by atoms with Gasteiger partial charge in [-0.25, -0.2) is 0 Å². The summed E-state index contributed by atoms with van der Waals surface area (Å²) in [6, 6.07) is 8.10. The van der Waals surface area contributed by atoms with Gasteiger partial charge in [-0.2, -0.15) is 5.26 Å². The van der Waals surface area contributed by atoms with Crippen molar-refractivity contribution in [2.24, 2.45) is 10.6 Å². The molecular weight excluding hydrogens is 252 g/mol. The second-order valence-corrected chi connectivity index (χ2v) is 5.78. The predicted octanol–water partition coefficient (Wildman–Crippen LogP) is 3.52. The average molecular weight is 272 g/mol. The van der Waals surface area contributed by atoms with Crippen LogP contribution in [0.1, 0.15) is 44.2 Å². The highest BCUT2D eigenvalue weighted by molar-refractivity contribution is 6.02. The Bertz CT molecular complexity index is 556. The van der Waals surface area contributed by atoms with Crippen LogP contribution >= 0.6 is 0 Å². The fraction of sp³-hybridized carbons (Fsp3) is 0.500. The Balaban J connectivity index is 2.13. The number of benzene rings is 1. The predicted molar refractivity (Wildman–Crippen MR) is 77.2 cm³/mol. The van der Waals surface area contributed by atoms with E-state index in [2.05, 4.69) is 11.2 Å². The average Bonchev–Trinajstić information content (AvgIpc) is 2.46.